The highest BCUT2D eigenvalue weighted by Crippen LogP contribution is 2.33. The highest BCUT2D eigenvalue weighted by molar-refractivity contribution is 5.95. The number of halogens is 2. The molecule has 5 atom stereocenters. The highest BCUT2D eigenvalue weighted by Gasteiger charge is 2.39. The van der Waals surface area contributed by atoms with E-state index in [1.165, 1.54) is 0 Å². The third-order valence-corrected chi connectivity index (χ3v) is 8.11. The number of hydrogen-bond donors (Lipinski definition) is 3. The van der Waals surface area contributed by atoms with E-state index in [1.807, 2.05) is 12.1 Å². The van der Waals surface area contributed by atoms with E-state index in [2.05, 4.69) is 15.7 Å². The number of benzene rings is 3. The average Bonchev–Trinajstić information content (AvgIpc) is 3.64. The Balaban J connectivity index is 1.23. The summed E-state index contributed by atoms with van der Waals surface area (Å²) in [5.74, 6) is -3.82. The molecule has 3 aromatic carbocycles. The summed E-state index contributed by atoms with van der Waals surface area (Å²) >= 11 is 0. The third kappa shape index (κ3) is 6.56. The lowest BCUT2D eigenvalue weighted by molar-refractivity contribution is -0.145. The van der Waals surface area contributed by atoms with Crippen molar-refractivity contribution in [2.75, 3.05) is 6.61 Å². The minimum Gasteiger partial charge on any atom is -0.486 e. The van der Waals surface area contributed by atoms with Gasteiger partial charge in [0.25, 0.3) is 11.8 Å². The maximum atomic E-state index is 13.7. The molecule has 236 valence electrons. The van der Waals surface area contributed by atoms with Crippen LogP contribution in [0, 0.1) is 0 Å². The maximum absolute atomic E-state index is 13.7. The lowest BCUT2D eigenvalue weighted by Gasteiger charge is -2.35. The number of aliphatic hydroxyl groups is 1. The van der Waals surface area contributed by atoms with Crippen LogP contribution in [0.15, 0.2) is 72.9 Å². The quantitative estimate of drug-likeness (QED) is 0.253. The Morgan fingerprint density at radius 1 is 1.09 bits per heavy atom. The zero-order chi connectivity index (χ0) is 31.7. The summed E-state index contributed by atoms with van der Waals surface area (Å²) in [5, 5.41) is 20.6. The van der Waals surface area contributed by atoms with Gasteiger partial charge in [-0.05, 0) is 74.7 Å². The van der Waals surface area contributed by atoms with Crippen LogP contribution in [0.1, 0.15) is 43.5 Å². The average molecular weight is 621 g/mol. The van der Waals surface area contributed by atoms with Gasteiger partial charge in [0.15, 0.2) is 23.7 Å². The first-order valence-electron chi connectivity index (χ1n) is 14.9. The summed E-state index contributed by atoms with van der Waals surface area (Å²) in [6.07, 6.45) is 1.78. The number of carbonyl (C=O) groups excluding carboxylic acids is 2. The highest BCUT2D eigenvalue weighted by atomic mass is 19.3. The van der Waals surface area contributed by atoms with Crippen molar-refractivity contribution in [3.05, 3.63) is 78.5 Å². The molecule has 2 aliphatic rings. The number of hydrogen-bond acceptors (Lipinski definition) is 7. The minimum atomic E-state index is -3.57. The molecular weight excluding hydrogens is 586 g/mol. The van der Waals surface area contributed by atoms with Gasteiger partial charge in [0.05, 0.1) is 35.6 Å². The first kappa shape index (κ1) is 30.3. The number of carbonyl (C=O) groups is 2. The predicted molar refractivity (Wildman–Crippen MR) is 161 cm³/mol. The van der Waals surface area contributed by atoms with E-state index < -0.39 is 36.2 Å². The van der Waals surface area contributed by atoms with Gasteiger partial charge < -0.3 is 30.0 Å². The van der Waals surface area contributed by atoms with Gasteiger partial charge >= 0.3 is 5.92 Å². The molecule has 0 spiro atoms. The molecule has 2 amide bonds. The van der Waals surface area contributed by atoms with E-state index in [1.54, 1.807) is 72.4 Å². The van der Waals surface area contributed by atoms with E-state index in [0.29, 0.717) is 41.8 Å². The summed E-state index contributed by atoms with van der Waals surface area (Å²) in [7, 11) is 0. The monoisotopic (exact) mass is 620 g/mol. The van der Waals surface area contributed by atoms with E-state index in [0.717, 1.165) is 23.7 Å². The summed E-state index contributed by atoms with van der Waals surface area (Å²) in [6.45, 7) is 2.19. The Kier molecular flexibility index (Phi) is 8.32. The number of ether oxygens (including phenoxy) is 3. The number of para-hydroxylation sites is 2. The number of nitrogens with zero attached hydrogens (tertiary/aromatic N) is 2. The van der Waals surface area contributed by atoms with Crippen molar-refractivity contribution >= 4 is 22.7 Å². The van der Waals surface area contributed by atoms with Crippen molar-refractivity contribution in [2.24, 2.45) is 0 Å². The molecule has 2 unspecified atom stereocenters. The summed E-state index contributed by atoms with van der Waals surface area (Å²) in [6, 6.07) is 18.3. The first-order valence-corrected chi connectivity index (χ1v) is 14.9. The number of fused-ring (bicyclic) bond motifs is 2. The van der Waals surface area contributed by atoms with Crippen molar-refractivity contribution in [2.45, 2.75) is 69.4 Å². The van der Waals surface area contributed by atoms with E-state index >= 15 is 0 Å². The van der Waals surface area contributed by atoms with Gasteiger partial charge in [0, 0.05) is 17.9 Å². The molecule has 12 heteroatoms. The standard InChI is InChI=1S/C33H34F2N4O6/c1-19(37-32(42)33(2,34)35)30(29-18-43-27-11-3-4-12-28(27)45-29)44-23-13-14-25-21(16-23)17-36-39(25)22-8-5-7-20(15-22)31(41)38-24-9-6-10-26(24)40/h3-5,7-8,11-17,19,24,26,29-30,40H,6,9-10,18H2,1-2H3,(H,37,42)(H,38,41)/t19-,24?,26-,29?,30+/m0/s1. The smallest absolute Gasteiger partial charge is 0.321 e. The van der Waals surface area contributed by atoms with Crippen LogP contribution in [0.2, 0.25) is 0 Å². The van der Waals surface area contributed by atoms with Crippen LogP contribution in [0.5, 0.6) is 17.2 Å². The summed E-state index contributed by atoms with van der Waals surface area (Å²) in [5.41, 5.74) is 1.85. The van der Waals surface area contributed by atoms with Crippen molar-refractivity contribution in [3.63, 3.8) is 0 Å². The van der Waals surface area contributed by atoms with Crippen LogP contribution in [-0.2, 0) is 4.79 Å². The fraction of sp³-hybridized carbons (Fsp3) is 0.364. The van der Waals surface area contributed by atoms with Crippen molar-refractivity contribution in [3.8, 4) is 22.9 Å². The molecule has 1 fully saturated rings. The van der Waals surface area contributed by atoms with Crippen molar-refractivity contribution in [1.82, 2.24) is 20.4 Å². The lowest BCUT2D eigenvalue weighted by Crippen LogP contribution is -2.56. The SMILES string of the molecule is C[C@H](NC(=O)C(C)(F)F)[C@@H](Oc1ccc2c(cnn2-c2cccc(C(=O)NC3CCC[C@@H]3O)c2)c1)C1COc2ccccc2O1. The number of aliphatic hydroxyl groups excluding tert-OH is 1. The van der Waals surface area contributed by atoms with Gasteiger partial charge in [-0.1, -0.05) is 18.2 Å². The zero-order valence-electron chi connectivity index (χ0n) is 24.8. The van der Waals surface area contributed by atoms with Crippen LogP contribution < -0.4 is 24.8 Å². The molecule has 1 aliphatic carbocycles. The molecule has 45 heavy (non-hydrogen) atoms. The van der Waals surface area contributed by atoms with Gasteiger partial charge in [0.1, 0.15) is 12.4 Å². The topological polar surface area (TPSA) is 124 Å². The van der Waals surface area contributed by atoms with Crippen molar-refractivity contribution < 1.29 is 37.7 Å². The van der Waals surface area contributed by atoms with Gasteiger partial charge in [-0.2, -0.15) is 13.9 Å². The lowest BCUT2D eigenvalue weighted by atomic mass is 10.1. The number of aromatic nitrogens is 2. The second kappa shape index (κ2) is 12.4. The molecular formula is C33H34F2N4O6. The molecule has 3 N–H and O–H groups in total. The largest absolute Gasteiger partial charge is 0.486 e. The Hall–Kier alpha value is -4.71. The summed E-state index contributed by atoms with van der Waals surface area (Å²) in [4.78, 5) is 25.1. The molecule has 0 bridgehead atoms. The van der Waals surface area contributed by atoms with Crippen LogP contribution in [-0.4, -0.2) is 69.6 Å². The summed E-state index contributed by atoms with van der Waals surface area (Å²) < 4.78 is 47.5. The number of amides is 2. The van der Waals surface area contributed by atoms with Crippen LogP contribution in [0.25, 0.3) is 16.6 Å². The molecule has 1 aliphatic heterocycles. The molecule has 0 radical (unpaired) electrons. The molecule has 1 aromatic heterocycles. The molecule has 0 saturated heterocycles. The number of rotatable bonds is 9. The van der Waals surface area contributed by atoms with E-state index in [9.17, 15) is 23.5 Å². The Labute approximate surface area is 258 Å². The Morgan fingerprint density at radius 2 is 1.89 bits per heavy atom. The van der Waals surface area contributed by atoms with E-state index in [4.69, 9.17) is 14.2 Å². The van der Waals surface area contributed by atoms with Crippen molar-refractivity contribution in [1.29, 1.82) is 0 Å². The predicted octanol–water partition coefficient (Wildman–Crippen LogP) is 4.42. The molecule has 1 saturated carbocycles. The fourth-order valence-corrected chi connectivity index (χ4v) is 5.70. The molecule has 6 rings (SSSR count). The van der Waals surface area contributed by atoms with Gasteiger partial charge in [-0.25, -0.2) is 4.68 Å². The van der Waals surface area contributed by atoms with Crippen LogP contribution >= 0.6 is 0 Å². The van der Waals surface area contributed by atoms with Gasteiger partial charge in [0.2, 0.25) is 0 Å². The Bertz CT molecular complexity index is 1710. The normalized spacial score (nSPS) is 20.8. The van der Waals surface area contributed by atoms with E-state index in [-0.39, 0.29) is 18.6 Å². The molecule has 4 aromatic rings. The third-order valence-electron chi connectivity index (χ3n) is 8.11. The zero-order valence-corrected chi connectivity index (χ0v) is 24.8. The fourth-order valence-electron chi connectivity index (χ4n) is 5.70. The first-order chi connectivity index (χ1) is 21.6. The maximum Gasteiger partial charge on any atom is 0.321 e. The molecule has 2 heterocycles. The van der Waals surface area contributed by atoms with Crippen LogP contribution in [0.4, 0.5) is 8.78 Å². The van der Waals surface area contributed by atoms with Gasteiger partial charge in [-0.15, -0.1) is 0 Å². The minimum absolute atomic E-state index is 0.0776. The van der Waals surface area contributed by atoms with Crippen LogP contribution in [0.3, 0.4) is 0 Å². The molecule has 10 nitrogen and oxygen atoms in total. The second-order valence-corrected chi connectivity index (χ2v) is 11.6. The number of nitrogens with one attached hydrogen (secondary N) is 2. The second-order valence-electron chi connectivity index (χ2n) is 11.6. The number of alkyl halides is 2. The van der Waals surface area contributed by atoms with Gasteiger partial charge in [-0.3, -0.25) is 9.59 Å². The Morgan fingerprint density at radius 3 is 2.64 bits per heavy atom.